The van der Waals surface area contributed by atoms with Gasteiger partial charge in [0.15, 0.2) is 0 Å². The summed E-state index contributed by atoms with van der Waals surface area (Å²) in [4.78, 5) is 0. The van der Waals surface area contributed by atoms with Crippen LogP contribution in [0, 0.1) is 5.82 Å². The number of halogens is 3. The highest BCUT2D eigenvalue weighted by atomic mass is 19.3. The van der Waals surface area contributed by atoms with Gasteiger partial charge in [0.05, 0.1) is 18.8 Å². The second-order valence-corrected chi connectivity index (χ2v) is 5.97. The predicted octanol–water partition coefficient (Wildman–Crippen LogP) is 3.36. The summed E-state index contributed by atoms with van der Waals surface area (Å²) in [6, 6.07) is 6.26. The second-order valence-electron chi connectivity index (χ2n) is 5.97. The van der Waals surface area contributed by atoms with Crippen LogP contribution >= 0.6 is 0 Å². The highest BCUT2D eigenvalue weighted by Crippen LogP contribution is 2.34. The summed E-state index contributed by atoms with van der Waals surface area (Å²) >= 11 is 0. The number of hydrogen-bond acceptors (Lipinski definition) is 5. The smallest absolute Gasteiger partial charge is 0.288 e. The maximum absolute atomic E-state index is 14.7. The molecule has 0 atom stereocenters. The summed E-state index contributed by atoms with van der Waals surface area (Å²) in [5.41, 5.74) is 1.10. The second kappa shape index (κ2) is 7.56. The molecule has 9 heteroatoms. The number of H-pyrrole nitrogens is 1. The van der Waals surface area contributed by atoms with Crippen molar-refractivity contribution >= 4 is 5.71 Å². The van der Waals surface area contributed by atoms with Crippen LogP contribution in [0.4, 0.5) is 13.2 Å². The molecule has 2 aromatic rings. The van der Waals surface area contributed by atoms with Gasteiger partial charge in [-0.05, 0) is 29.0 Å². The fourth-order valence-electron chi connectivity index (χ4n) is 2.48. The summed E-state index contributed by atoms with van der Waals surface area (Å²) in [7, 11) is 0. The van der Waals surface area contributed by atoms with Crippen LogP contribution in [-0.4, -0.2) is 37.9 Å². The minimum absolute atomic E-state index is 0.0375. The van der Waals surface area contributed by atoms with Gasteiger partial charge < -0.3 is 0 Å². The average molecular weight is 374 g/mol. The van der Waals surface area contributed by atoms with Crippen molar-refractivity contribution < 1.29 is 13.2 Å². The number of allylic oxidation sites excluding steroid dienone is 4. The maximum atomic E-state index is 14.7. The standard InChI is InChI=1S/C18H17F3N6/c1-12-7-8-15(18(20,21)17-22-25-26-23-17)9-10-27(24-13(12)2)11-14-5-3-4-6-16(14)19/h3-9H,1,10-11H2,2H3,(H,22,23,25,26)/b8-7-,15-9+,24-13-. The number of benzene rings is 1. The van der Waals surface area contributed by atoms with Gasteiger partial charge in [0.1, 0.15) is 5.82 Å². The Bertz CT molecular complexity index is 915. The molecule has 27 heavy (non-hydrogen) atoms. The van der Waals surface area contributed by atoms with Gasteiger partial charge in [-0.25, -0.2) is 9.49 Å². The zero-order valence-corrected chi connectivity index (χ0v) is 14.5. The van der Waals surface area contributed by atoms with Crippen molar-refractivity contribution in [2.24, 2.45) is 5.10 Å². The van der Waals surface area contributed by atoms with E-state index in [0.717, 1.165) is 0 Å². The zero-order chi connectivity index (χ0) is 19.4. The molecule has 3 rings (SSSR count). The molecule has 140 valence electrons. The molecule has 1 N–H and O–H groups in total. The first-order chi connectivity index (χ1) is 12.9. The molecule has 0 radical (unpaired) electrons. The summed E-state index contributed by atoms with van der Waals surface area (Å²) < 4.78 is 43.4. The van der Waals surface area contributed by atoms with Crippen LogP contribution in [-0.2, 0) is 12.5 Å². The van der Waals surface area contributed by atoms with Crippen LogP contribution < -0.4 is 0 Å². The summed E-state index contributed by atoms with van der Waals surface area (Å²) in [5, 5.41) is 17.7. The lowest BCUT2D eigenvalue weighted by Crippen LogP contribution is -2.22. The minimum Gasteiger partial charge on any atom is -0.288 e. The number of nitrogens with zero attached hydrogens (tertiary/aromatic N) is 5. The molecule has 0 saturated carbocycles. The highest BCUT2D eigenvalue weighted by Gasteiger charge is 2.39. The Morgan fingerprint density at radius 1 is 1.26 bits per heavy atom. The number of alkyl halides is 2. The Morgan fingerprint density at radius 3 is 2.74 bits per heavy atom. The number of aromatic amines is 1. The first-order valence-corrected chi connectivity index (χ1v) is 8.11. The van der Waals surface area contributed by atoms with Crippen molar-refractivity contribution in [3.63, 3.8) is 0 Å². The topological polar surface area (TPSA) is 70.1 Å². The molecule has 0 fully saturated rings. The third kappa shape index (κ3) is 4.13. The quantitative estimate of drug-likeness (QED) is 0.891. The average Bonchev–Trinajstić information content (AvgIpc) is 3.18. The largest absolute Gasteiger partial charge is 0.332 e. The molecule has 0 saturated heterocycles. The number of rotatable bonds is 4. The molecule has 0 unspecified atom stereocenters. The van der Waals surface area contributed by atoms with E-state index in [9.17, 15) is 13.2 Å². The predicted molar refractivity (Wildman–Crippen MR) is 94.4 cm³/mol. The van der Waals surface area contributed by atoms with Gasteiger partial charge in [-0.3, -0.25) is 5.01 Å². The summed E-state index contributed by atoms with van der Waals surface area (Å²) in [6.07, 6.45) is 4.03. The number of nitrogens with one attached hydrogen (secondary N) is 1. The van der Waals surface area contributed by atoms with E-state index in [2.05, 4.69) is 32.3 Å². The van der Waals surface area contributed by atoms with Gasteiger partial charge in [-0.2, -0.15) is 13.9 Å². The first kappa shape index (κ1) is 18.6. The van der Waals surface area contributed by atoms with Crippen LogP contribution in [0.1, 0.15) is 18.3 Å². The minimum atomic E-state index is -3.43. The Kier molecular flexibility index (Phi) is 5.20. The zero-order valence-electron chi connectivity index (χ0n) is 14.5. The molecule has 1 aliphatic rings. The van der Waals surface area contributed by atoms with Gasteiger partial charge in [-0.1, -0.05) is 43.0 Å². The number of hydrogen-bond donors (Lipinski definition) is 1. The number of aromatic nitrogens is 4. The van der Waals surface area contributed by atoms with E-state index in [0.29, 0.717) is 16.8 Å². The van der Waals surface area contributed by atoms with E-state index in [1.165, 1.54) is 29.3 Å². The van der Waals surface area contributed by atoms with Crippen molar-refractivity contribution in [1.82, 2.24) is 25.6 Å². The Morgan fingerprint density at radius 2 is 2.04 bits per heavy atom. The SMILES string of the molecule is C=C1/C=C\C(C(F)(F)c2nnn[nH]2)=C/CN(Cc2ccccc2F)/N=C\1C. The molecule has 0 spiro atoms. The molecule has 1 aromatic carbocycles. The van der Waals surface area contributed by atoms with E-state index in [-0.39, 0.29) is 24.5 Å². The lowest BCUT2D eigenvalue weighted by molar-refractivity contribution is 0.0314. The Labute approximate surface area is 153 Å². The molecular formula is C18H17F3N6. The van der Waals surface area contributed by atoms with Gasteiger partial charge in [0, 0.05) is 11.1 Å². The summed E-state index contributed by atoms with van der Waals surface area (Å²) in [5.74, 6) is -4.48. The molecule has 2 heterocycles. The van der Waals surface area contributed by atoms with E-state index in [1.54, 1.807) is 25.1 Å². The van der Waals surface area contributed by atoms with Crippen LogP contribution in [0.2, 0.25) is 0 Å². The molecule has 0 aliphatic carbocycles. The van der Waals surface area contributed by atoms with E-state index in [4.69, 9.17) is 0 Å². The maximum Gasteiger partial charge on any atom is 0.332 e. The fraction of sp³-hybridized carbons (Fsp3) is 0.222. The molecule has 6 nitrogen and oxygen atoms in total. The lowest BCUT2D eigenvalue weighted by atomic mass is 10.1. The van der Waals surface area contributed by atoms with Crippen LogP contribution in [0.25, 0.3) is 0 Å². The van der Waals surface area contributed by atoms with Crippen molar-refractivity contribution in [2.45, 2.75) is 19.4 Å². The van der Waals surface area contributed by atoms with E-state index in [1.807, 2.05) is 0 Å². The summed E-state index contributed by atoms with van der Waals surface area (Å²) in [6.45, 7) is 5.71. The fourth-order valence-corrected chi connectivity index (χ4v) is 2.48. The van der Waals surface area contributed by atoms with Crippen molar-refractivity contribution in [3.8, 4) is 0 Å². The van der Waals surface area contributed by atoms with Gasteiger partial charge in [0.25, 0.3) is 0 Å². The molecule has 1 aliphatic heterocycles. The van der Waals surface area contributed by atoms with Crippen molar-refractivity contribution in [3.05, 3.63) is 77.4 Å². The lowest BCUT2D eigenvalue weighted by Gasteiger charge is -2.20. The normalized spacial score (nSPS) is 20.7. The van der Waals surface area contributed by atoms with E-state index < -0.39 is 11.7 Å². The van der Waals surface area contributed by atoms with Gasteiger partial charge in [-0.15, -0.1) is 5.10 Å². The number of hydrazone groups is 1. The van der Waals surface area contributed by atoms with Gasteiger partial charge >= 0.3 is 5.92 Å². The Balaban J connectivity index is 1.94. The molecule has 1 aromatic heterocycles. The molecular weight excluding hydrogens is 357 g/mol. The Hall–Kier alpha value is -3.23. The number of tetrazole rings is 1. The molecule has 0 bridgehead atoms. The third-order valence-corrected chi connectivity index (χ3v) is 4.06. The van der Waals surface area contributed by atoms with Crippen LogP contribution in [0.5, 0.6) is 0 Å². The van der Waals surface area contributed by atoms with Crippen molar-refractivity contribution in [1.29, 1.82) is 0 Å². The van der Waals surface area contributed by atoms with Crippen LogP contribution in [0.15, 0.2) is 65.3 Å². The van der Waals surface area contributed by atoms with Crippen LogP contribution in [0.3, 0.4) is 0 Å². The highest BCUT2D eigenvalue weighted by molar-refractivity contribution is 6.00. The van der Waals surface area contributed by atoms with E-state index >= 15 is 0 Å². The van der Waals surface area contributed by atoms with Gasteiger partial charge in [0.2, 0.25) is 5.82 Å². The third-order valence-electron chi connectivity index (χ3n) is 4.06. The van der Waals surface area contributed by atoms with Crippen molar-refractivity contribution in [2.75, 3.05) is 6.54 Å². The monoisotopic (exact) mass is 374 g/mol. The molecule has 0 amide bonds. The first-order valence-electron chi connectivity index (χ1n) is 8.11.